The van der Waals surface area contributed by atoms with Crippen LogP contribution in [0.3, 0.4) is 0 Å². The first-order valence-electron chi connectivity index (χ1n) is 9.91. The second-order valence-corrected chi connectivity index (χ2v) is 8.04. The summed E-state index contributed by atoms with van der Waals surface area (Å²) in [6.07, 6.45) is 9.06. The van der Waals surface area contributed by atoms with E-state index in [1.807, 2.05) is 12.4 Å². The number of aromatic nitrogens is 2. The molecule has 142 valence electrons. The van der Waals surface area contributed by atoms with E-state index in [2.05, 4.69) is 37.0 Å². The van der Waals surface area contributed by atoms with E-state index in [0.717, 1.165) is 64.6 Å². The molecular weight excluding hydrogens is 328 g/mol. The lowest BCUT2D eigenvalue weighted by atomic mass is 9.86. The molecule has 1 N–H and O–H groups in total. The highest BCUT2D eigenvalue weighted by Gasteiger charge is 2.40. The molecule has 4 rings (SSSR count). The smallest absolute Gasteiger partial charge is 0.225 e. The van der Waals surface area contributed by atoms with Crippen molar-refractivity contribution >= 4 is 11.9 Å². The Morgan fingerprint density at radius 3 is 2.65 bits per heavy atom. The maximum atomic E-state index is 11.8. The quantitative estimate of drug-likeness (QED) is 0.865. The van der Waals surface area contributed by atoms with Gasteiger partial charge in [-0.05, 0) is 32.7 Å². The van der Waals surface area contributed by atoms with Crippen LogP contribution in [0.15, 0.2) is 12.4 Å². The van der Waals surface area contributed by atoms with Crippen molar-refractivity contribution < 1.29 is 4.79 Å². The predicted molar refractivity (Wildman–Crippen MR) is 101 cm³/mol. The lowest BCUT2D eigenvalue weighted by Crippen LogP contribution is -2.60. The van der Waals surface area contributed by atoms with E-state index in [1.54, 1.807) is 0 Å². The fraction of sp³-hybridized carbons (Fsp3) is 0.737. The Morgan fingerprint density at radius 2 is 1.88 bits per heavy atom. The molecular formula is C19H30N6O. The largest absolute Gasteiger partial charge is 0.356 e. The fourth-order valence-electron chi connectivity index (χ4n) is 4.58. The van der Waals surface area contributed by atoms with E-state index in [0.29, 0.717) is 6.42 Å². The Hall–Kier alpha value is -1.73. The second-order valence-electron chi connectivity index (χ2n) is 8.04. The summed E-state index contributed by atoms with van der Waals surface area (Å²) in [6.45, 7) is 6.92. The standard InChI is InChI=1S/C19H30N6O/c1-23-10-11-24(15-19(23)5-4-17(26)20-7-6-19)14-16-12-21-18(22-13-16)25-8-2-3-9-25/h12-13H,2-11,14-15H2,1H3,(H,20,26). The average molecular weight is 358 g/mol. The lowest BCUT2D eigenvalue weighted by molar-refractivity contribution is -0.121. The van der Waals surface area contributed by atoms with E-state index >= 15 is 0 Å². The molecule has 7 nitrogen and oxygen atoms in total. The molecule has 3 aliphatic rings. The van der Waals surface area contributed by atoms with Gasteiger partial charge in [-0.1, -0.05) is 0 Å². The summed E-state index contributed by atoms with van der Waals surface area (Å²) in [5, 5.41) is 3.03. The van der Waals surface area contributed by atoms with E-state index in [4.69, 9.17) is 0 Å². The van der Waals surface area contributed by atoms with Crippen molar-refractivity contribution in [1.29, 1.82) is 0 Å². The van der Waals surface area contributed by atoms with Gasteiger partial charge in [-0.2, -0.15) is 0 Å². The second kappa shape index (κ2) is 7.48. The van der Waals surface area contributed by atoms with Crippen molar-refractivity contribution in [2.24, 2.45) is 0 Å². The normalized spacial score (nSPS) is 28.3. The van der Waals surface area contributed by atoms with Gasteiger partial charge in [0.05, 0.1) is 0 Å². The molecule has 1 spiro atoms. The molecule has 26 heavy (non-hydrogen) atoms. The van der Waals surface area contributed by atoms with Crippen molar-refractivity contribution in [3.05, 3.63) is 18.0 Å². The minimum atomic E-state index is 0.105. The molecule has 1 aromatic rings. The molecule has 0 bridgehead atoms. The van der Waals surface area contributed by atoms with Crippen LogP contribution in [-0.2, 0) is 11.3 Å². The van der Waals surface area contributed by atoms with E-state index in [-0.39, 0.29) is 11.4 Å². The van der Waals surface area contributed by atoms with Gasteiger partial charge in [0.15, 0.2) is 0 Å². The van der Waals surface area contributed by atoms with Gasteiger partial charge in [0, 0.05) is 75.7 Å². The van der Waals surface area contributed by atoms with Gasteiger partial charge in [0.1, 0.15) is 0 Å². The number of piperazine rings is 1. The zero-order chi connectivity index (χ0) is 18.0. The molecule has 1 unspecified atom stereocenters. The number of hydrogen-bond donors (Lipinski definition) is 1. The molecule has 3 saturated heterocycles. The van der Waals surface area contributed by atoms with Crippen molar-refractivity contribution in [3.8, 4) is 0 Å². The van der Waals surface area contributed by atoms with Crippen LogP contribution < -0.4 is 10.2 Å². The first-order valence-corrected chi connectivity index (χ1v) is 9.91. The molecule has 4 heterocycles. The predicted octanol–water partition coefficient (Wildman–Crippen LogP) is 0.863. The summed E-state index contributed by atoms with van der Waals surface area (Å²) in [5.41, 5.74) is 1.28. The topological polar surface area (TPSA) is 64.6 Å². The highest BCUT2D eigenvalue weighted by Crippen LogP contribution is 2.31. The van der Waals surface area contributed by atoms with Crippen LogP contribution in [-0.4, -0.2) is 77.5 Å². The molecule has 7 heteroatoms. The van der Waals surface area contributed by atoms with Crippen LogP contribution in [0.5, 0.6) is 0 Å². The Labute approximate surface area is 155 Å². The lowest BCUT2D eigenvalue weighted by Gasteiger charge is -2.49. The molecule has 0 aliphatic carbocycles. The van der Waals surface area contributed by atoms with Crippen LogP contribution in [0, 0.1) is 0 Å². The average Bonchev–Trinajstić information content (AvgIpc) is 3.12. The van der Waals surface area contributed by atoms with Gasteiger partial charge >= 0.3 is 0 Å². The monoisotopic (exact) mass is 358 g/mol. The molecule has 1 amide bonds. The van der Waals surface area contributed by atoms with Gasteiger partial charge < -0.3 is 10.2 Å². The summed E-state index contributed by atoms with van der Waals surface area (Å²) in [5.74, 6) is 1.06. The molecule has 0 saturated carbocycles. The molecule has 1 aromatic heterocycles. The number of likely N-dealkylation sites (N-methyl/N-ethyl adjacent to an activating group) is 1. The Kier molecular flexibility index (Phi) is 5.09. The Bertz CT molecular complexity index is 629. The first kappa shape index (κ1) is 17.7. The third kappa shape index (κ3) is 3.69. The van der Waals surface area contributed by atoms with Crippen molar-refractivity contribution in [3.63, 3.8) is 0 Å². The number of anilines is 1. The van der Waals surface area contributed by atoms with Gasteiger partial charge in [-0.25, -0.2) is 9.97 Å². The van der Waals surface area contributed by atoms with E-state index in [9.17, 15) is 4.79 Å². The number of hydrogen-bond acceptors (Lipinski definition) is 6. The summed E-state index contributed by atoms with van der Waals surface area (Å²) in [6, 6.07) is 0. The number of amides is 1. The Morgan fingerprint density at radius 1 is 1.12 bits per heavy atom. The van der Waals surface area contributed by atoms with Crippen LogP contribution in [0.25, 0.3) is 0 Å². The van der Waals surface area contributed by atoms with Gasteiger partial charge in [-0.3, -0.25) is 14.6 Å². The van der Waals surface area contributed by atoms with Crippen LogP contribution in [0.4, 0.5) is 5.95 Å². The zero-order valence-electron chi connectivity index (χ0n) is 15.8. The number of rotatable bonds is 3. The number of carbonyl (C=O) groups excluding carboxylic acids is 1. The van der Waals surface area contributed by atoms with Crippen LogP contribution >= 0.6 is 0 Å². The maximum Gasteiger partial charge on any atom is 0.225 e. The summed E-state index contributed by atoms with van der Waals surface area (Å²) in [4.78, 5) is 28.2. The Balaban J connectivity index is 1.40. The maximum absolute atomic E-state index is 11.8. The van der Waals surface area contributed by atoms with Crippen molar-refractivity contribution in [2.45, 2.75) is 44.2 Å². The number of carbonyl (C=O) groups is 1. The fourth-order valence-corrected chi connectivity index (χ4v) is 4.58. The summed E-state index contributed by atoms with van der Waals surface area (Å²) < 4.78 is 0. The molecule has 3 aliphatic heterocycles. The van der Waals surface area contributed by atoms with Crippen molar-refractivity contribution in [2.75, 3.05) is 51.2 Å². The summed E-state index contributed by atoms with van der Waals surface area (Å²) in [7, 11) is 2.21. The SMILES string of the molecule is CN1CCN(Cc2cnc(N3CCCC3)nc2)CC12CCNC(=O)CC2. The third-order valence-corrected chi connectivity index (χ3v) is 6.30. The number of nitrogens with one attached hydrogen (secondary N) is 1. The minimum absolute atomic E-state index is 0.105. The first-order chi connectivity index (χ1) is 12.6. The third-order valence-electron chi connectivity index (χ3n) is 6.30. The highest BCUT2D eigenvalue weighted by molar-refractivity contribution is 5.76. The molecule has 3 fully saturated rings. The minimum Gasteiger partial charge on any atom is -0.356 e. The molecule has 1 atom stereocenters. The number of nitrogens with zero attached hydrogens (tertiary/aromatic N) is 5. The zero-order valence-corrected chi connectivity index (χ0v) is 15.8. The highest BCUT2D eigenvalue weighted by atomic mass is 16.1. The van der Waals surface area contributed by atoms with E-state index in [1.165, 1.54) is 18.4 Å². The molecule has 0 aromatic carbocycles. The van der Waals surface area contributed by atoms with E-state index < -0.39 is 0 Å². The van der Waals surface area contributed by atoms with Gasteiger partial charge in [0.2, 0.25) is 11.9 Å². The van der Waals surface area contributed by atoms with Crippen molar-refractivity contribution in [1.82, 2.24) is 25.1 Å². The van der Waals surface area contributed by atoms with Gasteiger partial charge in [-0.15, -0.1) is 0 Å². The summed E-state index contributed by atoms with van der Waals surface area (Å²) >= 11 is 0. The van der Waals surface area contributed by atoms with Crippen LogP contribution in [0.2, 0.25) is 0 Å². The van der Waals surface area contributed by atoms with Crippen LogP contribution in [0.1, 0.15) is 37.7 Å². The molecule has 0 radical (unpaired) electrons. The van der Waals surface area contributed by atoms with Gasteiger partial charge in [0.25, 0.3) is 0 Å².